The van der Waals surface area contributed by atoms with Gasteiger partial charge in [-0.05, 0) is 31.7 Å². The number of rotatable bonds is 6. The Morgan fingerprint density at radius 1 is 1.19 bits per heavy atom. The van der Waals surface area contributed by atoms with Crippen LogP contribution < -0.4 is 14.8 Å². The number of nitro groups is 1. The highest BCUT2D eigenvalue weighted by molar-refractivity contribution is 5.95. The minimum Gasteiger partial charge on any atom is -0.477 e. The first-order chi connectivity index (χ1) is 13.1. The van der Waals surface area contributed by atoms with Crippen LogP contribution in [0.25, 0.3) is 0 Å². The number of benzene rings is 1. The van der Waals surface area contributed by atoms with Crippen molar-refractivity contribution in [1.82, 2.24) is 15.3 Å². The summed E-state index contributed by atoms with van der Waals surface area (Å²) in [6, 6.07) is 5.72. The highest BCUT2D eigenvalue weighted by Gasteiger charge is 2.25. The summed E-state index contributed by atoms with van der Waals surface area (Å²) in [6.45, 7) is 0. The van der Waals surface area contributed by atoms with Crippen molar-refractivity contribution >= 4 is 11.6 Å². The van der Waals surface area contributed by atoms with E-state index in [2.05, 4.69) is 15.3 Å². The van der Waals surface area contributed by atoms with Crippen molar-refractivity contribution in [2.75, 3.05) is 7.11 Å². The van der Waals surface area contributed by atoms with E-state index in [1.54, 1.807) is 12.3 Å². The molecule has 0 aliphatic heterocycles. The number of carbonyl (C=O) groups is 1. The van der Waals surface area contributed by atoms with Crippen molar-refractivity contribution in [3.05, 3.63) is 52.3 Å². The second-order valence-corrected chi connectivity index (χ2v) is 6.24. The first kappa shape index (κ1) is 18.6. The molecule has 0 bridgehead atoms. The fraction of sp³-hybridized carbons (Fsp3) is 0.389. The van der Waals surface area contributed by atoms with Gasteiger partial charge in [0, 0.05) is 36.1 Å². The summed E-state index contributed by atoms with van der Waals surface area (Å²) in [6.07, 6.45) is 6.04. The van der Waals surface area contributed by atoms with Crippen LogP contribution in [0, 0.1) is 10.1 Å². The topological polar surface area (TPSA) is 116 Å². The highest BCUT2D eigenvalue weighted by atomic mass is 16.6. The fourth-order valence-corrected chi connectivity index (χ4v) is 3.05. The molecule has 9 nitrogen and oxygen atoms in total. The SMILES string of the molecule is COc1nccnc1OC1CCC(NC(=O)c2cccc([N+](=O)[O-])c2)CC1. The number of aromatic nitrogens is 2. The quantitative estimate of drug-likeness (QED) is 0.611. The Hall–Kier alpha value is -3.23. The minimum atomic E-state index is -0.514. The van der Waals surface area contributed by atoms with E-state index < -0.39 is 4.92 Å². The number of nitrogens with zero attached hydrogens (tertiary/aromatic N) is 3. The van der Waals surface area contributed by atoms with Gasteiger partial charge in [-0.25, -0.2) is 9.97 Å². The van der Waals surface area contributed by atoms with Gasteiger partial charge in [-0.1, -0.05) is 6.07 Å². The van der Waals surface area contributed by atoms with Gasteiger partial charge in [0.15, 0.2) is 0 Å². The summed E-state index contributed by atoms with van der Waals surface area (Å²) in [4.78, 5) is 30.9. The normalized spacial score (nSPS) is 19.1. The maximum atomic E-state index is 12.3. The third-order valence-electron chi connectivity index (χ3n) is 4.43. The first-order valence-electron chi connectivity index (χ1n) is 8.64. The number of amides is 1. The van der Waals surface area contributed by atoms with Gasteiger partial charge in [-0.15, -0.1) is 0 Å². The second kappa shape index (κ2) is 8.43. The summed E-state index contributed by atoms with van der Waals surface area (Å²) in [5, 5.41) is 13.8. The lowest BCUT2D eigenvalue weighted by Gasteiger charge is -2.29. The van der Waals surface area contributed by atoms with Crippen molar-refractivity contribution in [2.24, 2.45) is 0 Å². The lowest BCUT2D eigenvalue weighted by atomic mass is 9.92. The molecule has 0 saturated heterocycles. The van der Waals surface area contributed by atoms with Crippen LogP contribution in [0.1, 0.15) is 36.0 Å². The molecule has 0 radical (unpaired) electrons. The maximum absolute atomic E-state index is 12.3. The molecular weight excluding hydrogens is 352 g/mol. The highest BCUT2D eigenvalue weighted by Crippen LogP contribution is 2.27. The molecule has 9 heteroatoms. The largest absolute Gasteiger partial charge is 0.477 e. The molecule has 1 fully saturated rings. The molecule has 3 rings (SSSR count). The van der Waals surface area contributed by atoms with Gasteiger partial charge in [0.2, 0.25) is 0 Å². The Kier molecular flexibility index (Phi) is 5.80. The summed E-state index contributed by atoms with van der Waals surface area (Å²) in [5.74, 6) is 0.404. The Bertz CT molecular complexity index is 821. The van der Waals surface area contributed by atoms with Crippen molar-refractivity contribution < 1.29 is 19.2 Å². The fourth-order valence-electron chi connectivity index (χ4n) is 3.05. The zero-order valence-electron chi connectivity index (χ0n) is 14.8. The number of hydrogen-bond donors (Lipinski definition) is 1. The van der Waals surface area contributed by atoms with Crippen LogP contribution in [-0.4, -0.2) is 40.1 Å². The molecule has 1 saturated carbocycles. The van der Waals surface area contributed by atoms with Gasteiger partial charge >= 0.3 is 0 Å². The number of hydrogen-bond acceptors (Lipinski definition) is 7. The molecule has 0 unspecified atom stereocenters. The molecule has 1 aromatic heterocycles. The smallest absolute Gasteiger partial charge is 0.278 e. The molecule has 1 heterocycles. The average Bonchev–Trinajstić information content (AvgIpc) is 2.70. The summed E-state index contributed by atoms with van der Waals surface area (Å²) in [5.41, 5.74) is 0.185. The van der Waals surface area contributed by atoms with Crippen LogP contribution in [0.15, 0.2) is 36.7 Å². The lowest BCUT2D eigenvalue weighted by Crippen LogP contribution is -2.39. The van der Waals surface area contributed by atoms with Crippen molar-refractivity contribution in [3.8, 4) is 11.8 Å². The van der Waals surface area contributed by atoms with Crippen LogP contribution in [-0.2, 0) is 0 Å². The number of non-ortho nitro benzene ring substituents is 1. The van der Waals surface area contributed by atoms with Crippen molar-refractivity contribution in [2.45, 2.75) is 37.8 Å². The third kappa shape index (κ3) is 4.69. The van der Waals surface area contributed by atoms with Gasteiger partial charge in [0.1, 0.15) is 6.10 Å². The predicted octanol–water partition coefficient (Wildman–Crippen LogP) is 2.51. The molecule has 27 heavy (non-hydrogen) atoms. The van der Waals surface area contributed by atoms with Gasteiger partial charge in [-0.2, -0.15) is 0 Å². The molecule has 1 aliphatic carbocycles. The molecule has 0 spiro atoms. The number of methoxy groups -OCH3 is 1. The zero-order valence-corrected chi connectivity index (χ0v) is 14.8. The Morgan fingerprint density at radius 2 is 1.89 bits per heavy atom. The Morgan fingerprint density at radius 3 is 2.56 bits per heavy atom. The third-order valence-corrected chi connectivity index (χ3v) is 4.43. The molecule has 142 valence electrons. The number of ether oxygens (including phenoxy) is 2. The Balaban J connectivity index is 1.53. The van der Waals surface area contributed by atoms with Crippen molar-refractivity contribution in [3.63, 3.8) is 0 Å². The minimum absolute atomic E-state index is 0.000338. The van der Waals surface area contributed by atoms with Gasteiger partial charge in [0.25, 0.3) is 23.4 Å². The monoisotopic (exact) mass is 372 g/mol. The van der Waals surface area contributed by atoms with Crippen LogP contribution in [0.2, 0.25) is 0 Å². The van der Waals surface area contributed by atoms with Gasteiger partial charge < -0.3 is 14.8 Å². The molecule has 2 aromatic rings. The first-order valence-corrected chi connectivity index (χ1v) is 8.64. The predicted molar refractivity (Wildman–Crippen MR) is 95.8 cm³/mol. The number of nitrogens with one attached hydrogen (secondary N) is 1. The average molecular weight is 372 g/mol. The standard InChI is InChI=1S/C18H20N4O5/c1-26-17-18(20-10-9-19-17)27-15-7-5-13(6-8-15)21-16(23)12-3-2-4-14(11-12)22(24)25/h2-4,9-11,13,15H,5-8H2,1H3,(H,21,23). The van der Waals surface area contributed by atoms with Crippen LogP contribution >= 0.6 is 0 Å². The molecule has 0 atom stereocenters. The van der Waals surface area contributed by atoms with Gasteiger partial charge in [-0.3, -0.25) is 14.9 Å². The molecular formula is C18H20N4O5. The molecule has 1 aliphatic rings. The van der Waals surface area contributed by atoms with E-state index in [9.17, 15) is 14.9 Å². The van der Waals surface area contributed by atoms with E-state index in [1.807, 2.05) is 0 Å². The summed E-state index contributed by atoms with van der Waals surface area (Å²) in [7, 11) is 1.51. The van der Waals surface area contributed by atoms with Crippen LogP contribution in [0.5, 0.6) is 11.8 Å². The maximum Gasteiger partial charge on any atom is 0.278 e. The molecule has 1 amide bonds. The summed E-state index contributed by atoms with van der Waals surface area (Å²) >= 11 is 0. The van der Waals surface area contributed by atoms with E-state index in [0.717, 1.165) is 25.7 Å². The zero-order chi connectivity index (χ0) is 19.2. The van der Waals surface area contributed by atoms with Crippen molar-refractivity contribution in [1.29, 1.82) is 0 Å². The van der Waals surface area contributed by atoms with E-state index >= 15 is 0 Å². The van der Waals surface area contributed by atoms with E-state index in [4.69, 9.17) is 9.47 Å². The number of carbonyl (C=O) groups excluding carboxylic acids is 1. The molecule has 1 N–H and O–H groups in total. The second-order valence-electron chi connectivity index (χ2n) is 6.24. The summed E-state index contributed by atoms with van der Waals surface area (Å²) < 4.78 is 11.0. The lowest BCUT2D eigenvalue weighted by molar-refractivity contribution is -0.384. The van der Waals surface area contributed by atoms with Crippen LogP contribution in [0.4, 0.5) is 5.69 Å². The number of nitro benzene ring substituents is 1. The van der Waals surface area contributed by atoms with E-state index in [0.29, 0.717) is 11.8 Å². The van der Waals surface area contributed by atoms with Gasteiger partial charge in [0.05, 0.1) is 12.0 Å². The van der Waals surface area contributed by atoms with E-state index in [-0.39, 0.29) is 29.3 Å². The molecule has 1 aromatic carbocycles. The van der Waals surface area contributed by atoms with E-state index in [1.165, 1.54) is 31.5 Å². The Labute approximate surface area is 155 Å². The van der Waals surface area contributed by atoms with Crippen LogP contribution in [0.3, 0.4) is 0 Å².